The van der Waals surface area contributed by atoms with Crippen LogP contribution in [-0.2, 0) is 7.05 Å². The fourth-order valence-corrected chi connectivity index (χ4v) is 4.39. The molecule has 0 atom stereocenters. The molecular weight excluding hydrogens is 396 g/mol. The number of anilines is 1. The zero-order chi connectivity index (χ0) is 21.6. The molecule has 152 valence electrons. The van der Waals surface area contributed by atoms with E-state index in [4.69, 9.17) is 0 Å². The van der Waals surface area contributed by atoms with E-state index < -0.39 is 0 Å². The molecule has 1 N–H and O–H groups in total. The summed E-state index contributed by atoms with van der Waals surface area (Å²) in [4.78, 5) is 35.1. The number of aryl methyl sites for hydroxylation is 5. The van der Waals surface area contributed by atoms with Crippen molar-refractivity contribution in [2.75, 3.05) is 5.32 Å². The van der Waals surface area contributed by atoms with E-state index in [1.165, 1.54) is 11.3 Å². The average molecular weight is 419 g/mol. The zero-order valence-electron chi connectivity index (χ0n) is 17.5. The highest BCUT2D eigenvalue weighted by molar-refractivity contribution is 7.13. The van der Waals surface area contributed by atoms with E-state index in [9.17, 15) is 9.59 Å². The van der Waals surface area contributed by atoms with Gasteiger partial charge in [0, 0.05) is 35.6 Å². The number of nitrogens with zero attached hydrogens (tertiary/aromatic N) is 3. The van der Waals surface area contributed by atoms with E-state index in [1.54, 1.807) is 17.8 Å². The van der Waals surface area contributed by atoms with Gasteiger partial charge in [-0.15, -0.1) is 11.3 Å². The highest BCUT2D eigenvalue weighted by Crippen LogP contribution is 2.27. The van der Waals surface area contributed by atoms with Crippen LogP contribution in [0.3, 0.4) is 0 Å². The van der Waals surface area contributed by atoms with Gasteiger partial charge in [-0.25, -0.2) is 4.98 Å². The molecule has 0 saturated carbocycles. The van der Waals surface area contributed by atoms with Crippen molar-refractivity contribution in [3.63, 3.8) is 0 Å². The monoisotopic (exact) mass is 418 g/mol. The van der Waals surface area contributed by atoms with Crippen LogP contribution in [0.1, 0.15) is 31.6 Å². The molecule has 4 rings (SSSR count). The molecule has 0 spiro atoms. The number of thiazole rings is 1. The minimum atomic E-state index is -0.195. The third-order valence-electron chi connectivity index (χ3n) is 5.14. The number of fused-ring (bicyclic) bond motifs is 1. The lowest BCUT2D eigenvalue weighted by molar-refractivity contribution is 0.103. The maximum absolute atomic E-state index is 13.1. The van der Waals surface area contributed by atoms with Gasteiger partial charge in [-0.05, 0) is 63.1 Å². The Morgan fingerprint density at radius 1 is 1.07 bits per heavy atom. The van der Waals surface area contributed by atoms with Gasteiger partial charge in [-0.2, -0.15) is 0 Å². The molecule has 0 aliphatic rings. The van der Waals surface area contributed by atoms with Crippen molar-refractivity contribution >= 4 is 33.8 Å². The van der Waals surface area contributed by atoms with Crippen molar-refractivity contribution in [1.29, 1.82) is 0 Å². The van der Waals surface area contributed by atoms with E-state index in [2.05, 4.69) is 15.3 Å². The van der Waals surface area contributed by atoms with Gasteiger partial charge in [-0.1, -0.05) is 6.07 Å². The lowest BCUT2D eigenvalue weighted by atomic mass is 9.99. The Kier molecular flexibility index (Phi) is 4.99. The maximum Gasteiger partial charge on any atom is 0.267 e. The van der Waals surface area contributed by atoms with Crippen LogP contribution >= 0.6 is 11.3 Å². The average Bonchev–Trinajstić information content (AvgIpc) is 3.05. The Morgan fingerprint density at radius 3 is 2.53 bits per heavy atom. The molecule has 1 aromatic carbocycles. The van der Waals surface area contributed by atoms with Crippen molar-refractivity contribution in [3.05, 3.63) is 73.7 Å². The summed E-state index contributed by atoms with van der Waals surface area (Å²) < 4.78 is 1.65. The first kappa shape index (κ1) is 20.0. The first-order chi connectivity index (χ1) is 14.2. The van der Waals surface area contributed by atoms with Crippen LogP contribution in [0.2, 0.25) is 0 Å². The Morgan fingerprint density at radius 2 is 1.83 bits per heavy atom. The van der Waals surface area contributed by atoms with E-state index >= 15 is 0 Å². The van der Waals surface area contributed by atoms with Crippen molar-refractivity contribution in [1.82, 2.24) is 14.5 Å². The van der Waals surface area contributed by atoms with Crippen molar-refractivity contribution in [3.8, 4) is 11.1 Å². The second-order valence-electron chi connectivity index (χ2n) is 7.44. The molecule has 6 nitrogen and oxygen atoms in total. The molecule has 1 amide bonds. The number of rotatable bonds is 3. The first-order valence-electron chi connectivity index (χ1n) is 9.57. The van der Waals surface area contributed by atoms with Gasteiger partial charge in [0.25, 0.3) is 11.5 Å². The number of hydrogen-bond acceptors (Lipinski definition) is 5. The van der Waals surface area contributed by atoms with Crippen molar-refractivity contribution < 1.29 is 4.79 Å². The zero-order valence-corrected chi connectivity index (χ0v) is 18.3. The topological polar surface area (TPSA) is 76.9 Å². The number of amides is 1. The molecule has 30 heavy (non-hydrogen) atoms. The lowest BCUT2D eigenvalue weighted by Gasteiger charge is -2.13. The van der Waals surface area contributed by atoms with Crippen LogP contribution in [0.25, 0.3) is 22.0 Å². The molecule has 0 saturated heterocycles. The Labute approximate surface area is 178 Å². The van der Waals surface area contributed by atoms with E-state index in [-0.39, 0.29) is 11.5 Å². The van der Waals surface area contributed by atoms with Gasteiger partial charge in [-0.3, -0.25) is 14.6 Å². The van der Waals surface area contributed by atoms with E-state index in [1.807, 2.05) is 58.0 Å². The van der Waals surface area contributed by atoms with Crippen LogP contribution in [0.4, 0.5) is 5.69 Å². The Hall–Kier alpha value is -3.32. The molecule has 4 aromatic rings. The summed E-state index contributed by atoms with van der Waals surface area (Å²) in [5, 5.41) is 4.68. The van der Waals surface area contributed by atoms with Crippen LogP contribution < -0.4 is 10.9 Å². The molecule has 0 aliphatic carbocycles. The van der Waals surface area contributed by atoms with Crippen LogP contribution in [0.5, 0.6) is 0 Å². The number of nitrogens with one attached hydrogen (secondary N) is 1. The van der Waals surface area contributed by atoms with Crippen molar-refractivity contribution in [2.45, 2.75) is 27.7 Å². The number of carbonyl (C=O) groups excluding carboxylic acids is 1. The molecular formula is C23H22N4O2S. The van der Waals surface area contributed by atoms with Gasteiger partial charge in [0.05, 0.1) is 16.2 Å². The molecule has 0 radical (unpaired) electrons. The minimum absolute atomic E-state index is 0.0893. The summed E-state index contributed by atoms with van der Waals surface area (Å²) in [5.41, 5.74) is 5.28. The molecule has 3 heterocycles. The normalized spacial score (nSPS) is 11.1. The van der Waals surface area contributed by atoms with Gasteiger partial charge in [0.15, 0.2) is 0 Å². The highest BCUT2D eigenvalue weighted by Gasteiger charge is 2.16. The highest BCUT2D eigenvalue weighted by atomic mass is 32.1. The van der Waals surface area contributed by atoms with Gasteiger partial charge in [0.2, 0.25) is 0 Å². The summed E-state index contributed by atoms with van der Waals surface area (Å²) in [6.45, 7) is 7.56. The summed E-state index contributed by atoms with van der Waals surface area (Å²) in [7, 11) is 1.77. The fourth-order valence-electron chi connectivity index (χ4n) is 3.58. The van der Waals surface area contributed by atoms with Crippen LogP contribution in [-0.4, -0.2) is 20.4 Å². The smallest absolute Gasteiger partial charge is 0.267 e. The first-order valence-corrected chi connectivity index (χ1v) is 10.4. The molecule has 0 unspecified atom stereocenters. The summed E-state index contributed by atoms with van der Waals surface area (Å²) in [5.74, 6) is -0.195. The van der Waals surface area contributed by atoms with Crippen LogP contribution in [0.15, 0.2) is 41.3 Å². The second-order valence-corrected chi connectivity index (χ2v) is 8.64. The number of aromatic nitrogens is 3. The van der Waals surface area contributed by atoms with Crippen LogP contribution in [0, 0.1) is 27.7 Å². The number of carbonyl (C=O) groups is 1. The molecule has 7 heteroatoms. The Balaban J connectivity index is 1.78. The third-order valence-corrected chi connectivity index (χ3v) is 6.21. The minimum Gasteiger partial charge on any atom is -0.321 e. The van der Waals surface area contributed by atoms with Gasteiger partial charge >= 0.3 is 0 Å². The largest absolute Gasteiger partial charge is 0.321 e. The molecule has 3 aromatic heterocycles. The van der Waals surface area contributed by atoms with E-state index in [0.717, 1.165) is 32.7 Å². The fraction of sp³-hybridized carbons (Fsp3) is 0.217. The second kappa shape index (κ2) is 7.50. The molecule has 0 fully saturated rings. The standard InChI is InChI=1S/C23H22N4O2S/c1-12-6-7-17(26-22(28)21-14(3)25-15(4)30-21)10-18(12)19-9-16-11-24-13(2)8-20(16)27(5)23(19)29/h6-11H,1-5H3,(H,26,28). The summed E-state index contributed by atoms with van der Waals surface area (Å²) in [6, 6.07) is 9.38. The maximum atomic E-state index is 13.1. The predicted molar refractivity (Wildman–Crippen MR) is 121 cm³/mol. The van der Waals surface area contributed by atoms with E-state index in [0.29, 0.717) is 21.8 Å². The van der Waals surface area contributed by atoms with Crippen molar-refractivity contribution in [2.24, 2.45) is 7.05 Å². The SMILES string of the molecule is Cc1cc2c(cn1)cc(-c1cc(NC(=O)c3sc(C)nc3C)ccc1C)c(=O)n2C. The number of hydrogen-bond donors (Lipinski definition) is 1. The third kappa shape index (κ3) is 3.52. The molecule has 0 bridgehead atoms. The molecule has 0 aliphatic heterocycles. The lowest BCUT2D eigenvalue weighted by Crippen LogP contribution is -2.19. The summed E-state index contributed by atoms with van der Waals surface area (Å²) >= 11 is 1.37. The predicted octanol–water partition coefficient (Wildman–Crippen LogP) is 4.54. The number of pyridine rings is 2. The van der Waals surface area contributed by atoms with Gasteiger partial charge in [0.1, 0.15) is 4.88 Å². The quantitative estimate of drug-likeness (QED) is 0.530. The van der Waals surface area contributed by atoms with Gasteiger partial charge < -0.3 is 9.88 Å². The summed E-state index contributed by atoms with van der Waals surface area (Å²) in [6.07, 6.45) is 1.78. The Bertz CT molecular complexity index is 1370. The number of benzene rings is 1.